The van der Waals surface area contributed by atoms with Crippen molar-refractivity contribution >= 4 is 44.3 Å². The van der Waals surface area contributed by atoms with E-state index in [1.165, 1.54) is 11.3 Å². The highest BCUT2D eigenvalue weighted by Crippen LogP contribution is 2.47. The number of fused-ring (bicyclic) bond motifs is 1. The first-order chi connectivity index (χ1) is 20.3. The summed E-state index contributed by atoms with van der Waals surface area (Å²) in [6.45, 7) is 5.89. The molecule has 2 fully saturated rings. The summed E-state index contributed by atoms with van der Waals surface area (Å²) >= 11 is 1.30. The molecule has 2 aliphatic rings. The van der Waals surface area contributed by atoms with Crippen molar-refractivity contribution < 1.29 is 14.3 Å². The predicted octanol–water partition coefficient (Wildman–Crippen LogP) is 4.79. The van der Waals surface area contributed by atoms with Gasteiger partial charge in [0.2, 0.25) is 11.8 Å². The van der Waals surface area contributed by atoms with Crippen LogP contribution in [0, 0.1) is 18.3 Å². The molecule has 6 rings (SSSR count). The molecule has 1 aliphatic carbocycles. The van der Waals surface area contributed by atoms with Gasteiger partial charge in [0.25, 0.3) is 5.91 Å². The van der Waals surface area contributed by atoms with Gasteiger partial charge in [-0.1, -0.05) is 29.5 Å². The minimum atomic E-state index is -0.455. The lowest BCUT2D eigenvalue weighted by molar-refractivity contribution is -0.117. The predicted molar refractivity (Wildman–Crippen MR) is 162 cm³/mol. The van der Waals surface area contributed by atoms with Crippen molar-refractivity contribution in [2.24, 2.45) is 0 Å². The summed E-state index contributed by atoms with van der Waals surface area (Å²) in [5, 5.41) is 15.9. The Kier molecular flexibility index (Phi) is 7.60. The largest absolute Gasteiger partial charge is 0.439 e. The van der Waals surface area contributed by atoms with Crippen LogP contribution < -0.4 is 15.4 Å². The Morgan fingerprint density at radius 2 is 1.86 bits per heavy atom. The third-order valence-electron chi connectivity index (χ3n) is 7.76. The van der Waals surface area contributed by atoms with E-state index in [1.54, 1.807) is 24.3 Å². The van der Waals surface area contributed by atoms with Crippen LogP contribution in [0.3, 0.4) is 0 Å². The Morgan fingerprint density at radius 3 is 2.62 bits per heavy atom. The van der Waals surface area contributed by atoms with E-state index in [0.717, 1.165) is 50.1 Å². The van der Waals surface area contributed by atoms with E-state index < -0.39 is 5.41 Å². The number of anilines is 2. The fourth-order valence-corrected chi connectivity index (χ4v) is 5.79. The molecule has 214 valence electrons. The van der Waals surface area contributed by atoms with Crippen molar-refractivity contribution in [1.82, 2.24) is 19.8 Å². The number of piperazine rings is 1. The molecule has 2 N–H and O–H groups in total. The number of nitriles is 1. The molecule has 3 heterocycles. The molecule has 1 aliphatic heterocycles. The smallest absolute Gasteiger partial charge is 0.255 e. The van der Waals surface area contributed by atoms with Crippen LogP contribution in [-0.4, -0.2) is 71.4 Å². The Hall–Kier alpha value is -4.37. The number of aryl methyl sites for hydroxylation is 1. The molecule has 11 heteroatoms. The minimum Gasteiger partial charge on any atom is -0.439 e. The van der Waals surface area contributed by atoms with Crippen molar-refractivity contribution in [3.63, 3.8) is 0 Å². The quantitative estimate of drug-likeness (QED) is 0.305. The Morgan fingerprint density at radius 1 is 1.05 bits per heavy atom. The zero-order valence-corrected chi connectivity index (χ0v) is 24.3. The molecule has 2 aromatic heterocycles. The number of nitrogens with one attached hydrogen (secondary N) is 2. The van der Waals surface area contributed by atoms with Gasteiger partial charge in [0.05, 0.1) is 18.0 Å². The van der Waals surface area contributed by atoms with Crippen LogP contribution in [0.5, 0.6) is 11.6 Å². The number of hydrogen-bond acceptors (Lipinski definition) is 9. The highest BCUT2D eigenvalue weighted by Gasteiger charge is 2.45. The number of rotatable bonds is 8. The average molecular weight is 582 g/mol. The summed E-state index contributed by atoms with van der Waals surface area (Å²) in [5.74, 6) is 0.551. The zero-order chi connectivity index (χ0) is 29.3. The molecule has 1 saturated carbocycles. The summed E-state index contributed by atoms with van der Waals surface area (Å²) < 4.78 is 6.04. The normalized spacial score (nSPS) is 16.5. The standard InChI is InChI=1S/C31H31N7O3S/c1-20-6-7-23(17-25(20)33-28(40)21-4-3-5-22(16-21)31(19-32)10-11-31)41-27-9-8-24-29(36-27)42-30(34-24)35-26(39)18-38-14-12-37(2)13-15-38/h3-9,16-17H,10-15,18H2,1-2H3,(H,33,40)(H,34,35,39). The van der Waals surface area contributed by atoms with Crippen LogP contribution in [0.1, 0.15) is 34.3 Å². The number of nitrogens with zero attached hydrogens (tertiary/aromatic N) is 5. The van der Waals surface area contributed by atoms with E-state index in [0.29, 0.717) is 44.9 Å². The van der Waals surface area contributed by atoms with E-state index in [4.69, 9.17) is 4.74 Å². The van der Waals surface area contributed by atoms with Gasteiger partial charge in [0.15, 0.2) is 5.13 Å². The number of hydrogen-bond donors (Lipinski definition) is 2. The highest BCUT2D eigenvalue weighted by molar-refractivity contribution is 7.21. The van der Waals surface area contributed by atoms with Gasteiger partial charge in [-0.3, -0.25) is 14.5 Å². The molecule has 4 aromatic rings. The highest BCUT2D eigenvalue weighted by atomic mass is 32.1. The third-order valence-corrected chi connectivity index (χ3v) is 8.64. The second kappa shape index (κ2) is 11.5. The van der Waals surface area contributed by atoms with Crippen molar-refractivity contribution in [3.8, 4) is 17.7 Å². The van der Waals surface area contributed by atoms with Gasteiger partial charge >= 0.3 is 0 Å². The minimum absolute atomic E-state index is 0.0897. The van der Waals surface area contributed by atoms with E-state index >= 15 is 0 Å². The van der Waals surface area contributed by atoms with Gasteiger partial charge in [0, 0.05) is 49.6 Å². The molecule has 2 amide bonds. The maximum Gasteiger partial charge on any atom is 0.255 e. The second-order valence-corrected chi connectivity index (χ2v) is 11.9. The topological polar surface area (TPSA) is 123 Å². The van der Waals surface area contributed by atoms with Gasteiger partial charge in [-0.15, -0.1) is 0 Å². The van der Waals surface area contributed by atoms with E-state index in [9.17, 15) is 14.9 Å². The van der Waals surface area contributed by atoms with E-state index in [2.05, 4.69) is 43.5 Å². The summed E-state index contributed by atoms with van der Waals surface area (Å²) in [6, 6.07) is 18.6. The van der Waals surface area contributed by atoms with Crippen LogP contribution in [-0.2, 0) is 10.2 Å². The molecule has 0 unspecified atom stereocenters. The van der Waals surface area contributed by atoms with Crippen molar-refractivity contribution in [3.05, 3.63) is 71.3 Å². The lowest BCUT2D eigenvalue weighted by atomic mass is 9.96. The Labute approximate surface area is 247 Å². The van der Waals surface area contributed by atoms with Gasteiger partial charge in [-0.25, -0.2) is 9.97 Å². The SMILES string of the molecule is Cc1ccc(Oc2ccc3nc(NC(=O)CN4CCN(C)CC4)sc3n2)cc1NC(=O)c1cccc(C2(C#N)CC2)c1. The molecule has 10 nitrogen and oxygen atoms in total. The Balaban J connectivity index is 1.11. The molecule has 0 radical (unpaired) electrons. The van der Waals surface area contributed by atoms with Crippen molar-refractivity contribution in [2.75, 3.05) is 50.4 Å². The number of aromatic nitrogens is 2. The second-order valence-electron chi connectivity index (χ2n) is 10.9. The first-order valence-electron chi connectivity index (χ1n) is 13.9. The van der Waals surface area contributed by atoms with Crippen molar-refractivity contribution in [1.29, 1.82) is 5.26 Å². The first-order valence-corrected chi connectivity index (χ1v) is 14.7. The fourth-order valence-electron chi connectivity index (χ4n) is 4.94. The van der Waals surface area contributed by atoms with Crippen molar-refractivity contribution in [2.45, 2.75) is 25.2 Å². The van der Waals surface area contributed by atoms with Crippen LogP contribution in [0.15, 0.2) is 54.6 Å². The number of ether oxygens (including phenoxy) is 1. The summed E-state index contributed by atoms with van der Waals surface area (Å²) in [7, 11) is 2.08. The molecule has 1 saturated heterocycles. The van der Waals surface area contributed by atoms with Crippen LogP contribution in [0.4, 0.5) is 10.8 Å². The van der Waals surface area contributed by atoms with Gasteiger partial charge in [-0.05, 0) is 62.2 Å². The number of amides is 2. The number of carbonyl (C=O) groups is 2. The van der Waals surface area contributed by atoms with Crippen LogP contribution >= 0.6 is 11.3 Å². The maximum atomic E-state index is 13.1. The molecule has 0 spiro atoms. The molecular weight excluding hydrogens is 550 g/mol. The lowest BCUT2D eigenvalue weighted by Gasteiger charge is -2.31. The van der Waals surface area contributed by atoms with Gasteiger partial charge < -0.3 is 20.3 Å². The number of likely N-dealkylation sites (N-methyl/N-ethyl adjacent to an activating group) is 1. The molecule has 2 aromatic carbocycles. The number of benzene rings is 2. The maximum absolute atomic E-state index is 13.1. The molecule has 0 bridgehead atoms. The van der Waals surface area contributed by atoms with E-state index in [1.807, 2.05) is 37.3 Å². The van der Waals surface area contributed by atoms with E-state index in [-0.39, 0.29) is 11.8 Å². The monoisotopic (exact) mass is 581 g/mol. The number of pyridine rings is 1. The summed E-state index contributed by atoms with van der Waals surface area (Å²) in [4.78, 5) is 39.8. The number of thiazole rings is 1. The Bertz CT molecular complexity index is 1700. The van der Waals surface area contributed by atoms with Crippen LogP contribution in [0.25, 0.3) is 10.3 Å². The van der Waals surface area contributed by atoms with Gasteiger partial charge in [0.1, 0.15) is 16.1 Å². The lowest BCUT2D eigenvalue weighted by Crippen LogP contribution is -2.47. The molecule has 42 heavy (non-hydrogen) atoms. The van der Waals surface area contributed by atoms with Crippen LogP contribution in [0.2, 0.25) is 0 Å². The molecular formula is C31H31N7O3S. The average Bonchev–Trinajstić information content (AvgIpc) is 3.69. The number of carbonyl (C=O) groups excluding carboxylic acids is 2. The first kappa shape index (κ1) is 27.8. The summed E-state index contributed by atoms with van der Waals surface area (Å²) in [6.07, 6.45) is 1.64. The molecule has 0 atom stereocenters. The summed E-state index contributed by atoms with van der Waals surface area (Å²) in [5.41, 5.74) is 3.10. The van der Waals surface area contributed by atoms with Gasteiger partial charge in [-0.2, -0.15) is 5.26 Å². The fraction of sp³-hybridized carbons (Fsp3) is 0.323. The zero-order valence-electron chi connectivity index (χ0n) is 23.5. The third kappa shape index (κ3) is 6.11.